The standard InChI is InChI=1S/C27H25ClN2O4/c1-16(2)34-22-11-8-20(13-17(22)3)25(31)23-24(19-6-9-21(28)10-7-19)30(27(33)26(23)32)15-18-5-4-12-29-14-18/h4-14,16,24,31H,15H2,1-3H3/b25-23+. The average molecular weight is 477 g/mol. The second-order valence-corrected chi connectivity index (χ2v) is 8.92. The number of benzene rings is 2. The monoisotopic (exact) mass is 476 g/mol. The minimum atomic E-state index is -0.774. The van der Waals surface area contributed by atoms with Crippen LogP contribution in [0.4, 0.5) is 0 Å². The van der Waals surface area contributed by atoms with Gasteiger partial charge in [-0.3, -0.25) is 14.6 Å². The third-order valence-corrected chi connectivity index (χ3v) is 5.86. The quantitative estimate of drug-likeness (QED) is 0.290. The van der Waals surface area contributed by atoms with E-state index < -0.39 is 17.7 Å². The molecule has 0 bridgehead atoms. The summed E-state index contributed by atoms with van der Waals surface area (Å²) in [6.45, 7) is 5.90. The third-order valence-electron chi connectivity index (χ3n) is 5.61. The number of carbonyl (C=O) groups excluding carboxylic acids is 2. The number of hydrogen-bond donors (Lipinski definition) is 1. The number of Topliss-reactive ketones (excluding diaryl/α,β-unsaturated/α-hetero) is 1. The summed E-state index contributed by atoms with van der Waals surface area (Å²) in [7, 11) is 0. The zero-order valence-corrected chi connectivity index (χ0v) is 19.9. The van der Waals surface area contributed by atoms with Crippen molar-refractivity contribution >= 4 is 29.1 Å². The fourth-order valence-corrected chi connectivity index (χ4v) is 4.19. The SMILES string of the molecule is Cc1cc(/C(O)=C2\C(=O)C(=O)N(Cc3cccnc3)C2c2ccc(Cl)cc2)ccc1OC(C)C. The summed E-state index contributed by atoms with van der Waals surface area (Å²) in [4.78, 5) is 31.9. The molecule has 174 valence electrons. The Balaban J connectivity index is 1.82. The Morgan fingerprint density at radius 2 is 1.88 bits per heavy atom. The van der Waals surface area contributed by atoms with Crippen LogP contribution in [0.2, 0.25) is 5.02 Å². The summed E-state index contributed by atoms with van der Waals surface area (Å²) in [5.74, 6) is -0.952. The molecule has 0 aliphatic carbocycles. The van der Waals surface area contributed by atoms with E-state index in [1.807, 2.05) is 26.8 Å². The lowest BCUT2D eigenvalue weighted by Gasteiger charge is -2.25. The van der Waals surface area contributed by atoms with E-state index in [4.69, 9.17) is 16.3 Å². The number of ketones is 1. The van der Waals surface area contributed by atoms with Gasteiger partial charge in [-0.25, -0.2) is 0 Å². The molecule has 0 saturated carbocycles. The number of aliphatic hydroxyl groups excluding tert-OH is 1. The second kappa shape index (κ2) is 9.69. The van der Waals surface area contributed by atoms with Crippen molar-refractivity contribution in [1.82, 2.24) is 9.88 Å². The number of aryl methyl sites for hydroxylation is 1. The Morgan fingerprint density at radius 1 is 1.15 bits per heavy atom. The molecule has 1 fully saturated rings. The molecule has 1 atom stereocenters. The number of aliphatic hydroxyl groups is 1. The number of carbonyl (C=O) groups is 2. The molecule has 1 aliphatic rings. The third kappa shape index (κ3) is 4.68. The van der Waals surface area contributed by atoms with E-state index in [1.165, 1.54) is 4.90 Å². The van der Waals surface area contributed by atoms with Gasteiger partial charge in [-0.05, 0) is 73.9 Å². The number of halogens is 1. The van der Waals surface area contributed by atoms with Gasteiger partial charge in [0.05, 0.1) is 17.7 Å². The highest BCUT2D eigenvalue weighted by molar-refractivity contribution is 6.46. The molecule has 2 aromatic carbocycles. The fraction of sp³-hybridized carbons (Fsp3) is 0.222. The van der Waals surface area contributed by atoms with Gasteiger partial charge in [0.2, 0.25) is 0 Å². The lowest BCUT2D eigenvalue weighted by Crippen LogP contribution is -2.29. The number of nitrogens with zero attached hydrogens (tertiary/aromatic N) is 2. The highest BCUT2D eigenvalue weighted by Crippen LogP contribution is 2.41. The van der Waals surface area contributed by atoms with Gasteiger partial charge in [0.1, 0.15) is 11.5 Å². The van der Waals surface area contributed by atoms with Crippen molar-refractivity contribution < 1.29 is 19.4 Å². The van der Waals surface area contributed by atoms with Gasteiger partial charge in [-0.1, -0.05) is 29.8 Å². The molecule has 1 aliphatic heterocycles. The Hall–Kier alpha value is -3.64. The summed E-state index contributed by atoms with van der Waals surface area (Å²) in [6.07, 6.45) is 3.29. The van der Waals surface area contributed by atoms with Crippen LogP contribution in [0.25, 0.3) is 5.76 Å². The molecule has 0 radical (unpaired) electrons. The largest absolute Gasteiger partial charge is 0.507 e. The van der Waals surface area contributed by atoms with Crippen LogP contribution in [0, 0.1) is 6.92 Å². The van der Waals surface area contributed by atoms with Crippen molar-refractivity contribution in [2.75, 3.05) is 0 Å². The Bertz CT molecular complexity index is 1250. The van der Waals surface area contributed by atoms with Crippen LogP contribution in [0.5, 0.6) is 5.75 Å². The summed E-state index contributed by atoms with van der Waals surface area (Å²) in [6, 6.07) is 14.9. The van der Waals surface area contributed by atoms with Crippen molar-refractivity contribution in [3.63, 3.8) is 0 Å². The summed E-state index contributed by atoms with van der Waals surface area (Å²) in [5, 5.41) is 11.8. The maximum atomic E-state index is 13.2. The topological polar surface area (TPSA) is 79.7 Å². The molecule has 34 heavy (non-hydrogen) atoms. The first-order valence-electron chi connectivity index (χ1n) is 11.0. The summed E-state index contributed by atoms with van der Waals surface area (Å²) in [5.41, 5.74) is 2.73. The molecule has 4 rings (SSSR count). The van der Waals surface area contributed by atoms with Crippen molar-refractivity contribution in [2.45, 2.75) is 39.5 Å². The maximum Gasteiger partial charge on any atom is 0.295 e. The van der Waals surface area contributed by atoms with Crippen LogP contribution in [-0.2, 0) is 16.1 Å². The molecule has 3 aromatic rings. The minimum absolute atomic E-state index is 0.000789. The zero-order valence-electron chi connectivity index (χ0n) is 19.2. The van der Waals surface area contributed by atoms with Gasteiger partial charge >= 0.3 is 0 Å². The van der Waals surface area contributed by atoms with Gasteiger partial charge in [-0.15, -0.1) is 0 Å². The molecule has 1 amide bonds. The fourth-order valence-electron chi connectivity index (χ4n) is 4.06. The van der Waals surface area contributed by atoms with Gasteiger partial charge in [0.25, 0.3) is 11.7 Å². The van der Waals surface area contributed by atoms with Crippen LogP contribution in [-0.4, -0.2) is 32.8 Å². The Kier molecular flexibility index (Phi) is 6.70. The van der Waals surface area contributed by atoms with Crippen LogP contribution in [0.3, 0.4) is 0 Å². The summed E-state index contributed by atoms with van der Waals surface area (Å²) >= 11 is 6.08. The van der Waals surface area contributed by atoms with Crippen LogP contribution >= 0.6 is 11.6 Å². The number of aromatic nitrogens is 1. The second-order valence-electron chi connectivity index (χ2n) is 8.49. The van der Waals surface area contributed by atoms with E-state index in [0.29, 0.717) is 21.9 Å². The van der Waals surface area contributed by atoms with Crippen molar-refractivity contribution in [2.24, 2.45) is 0 Å². The molecule has 6 nitrogen and oxygen atoms in total. The maximum absolute atomic E-state index is 13.2. The zero-order chi connectivity index (χ0) is 24.4. The van der Waals surface area contributed by atoms with Crippen LogP contribution in [0.15, 0.2) is 72.6 Å². The van der Waals surface area contributed by atoms with Crippen LogP contribution in [0.1, 0.15) is 42.1 Å². The Morgan fingerprint density at radius 3 is 2.50 bits per heavy atom. The van der Waals surface area contributed by atoms with Crippen molar-refractivity contribution in [1.29, 1.82) is 0 Å². The highest BCUT2D eigenvalue weighted by Gasteiger charge is 2.46. The molecule has 1 saturated heterocycles. The van der Waals surface area contributed by atoms with Gasteiger partial charge in [0.15, 0.2) is 0 Å². The van der Waals surface area contributed by atoms with E-state index >= 15 is 0 Å². The van der Waals surface area contributed by atoms with Gasteiger partial charge in [0, 0.05) is 29.5 Å². The molecule has 1 unspecified atom stereocenters. The lowest BCUT2D eigenvalue weighted by molar-refractivity contribution is -0.140. The first-order valence-corrected chi connectivity index (χ1v) is 11.3. The van der Waals surface area contributed by atoms with Gasteiger partial charge < -0.3 is 14.7 Å². The number of likely N-dealkylation sites (tertiary alicyclic amines) is 1. The predicted molar refractivity (Wildman–Crippen MR) is 130 cm³/mol. The first kappa shape index (κ1) is 23.5. The number of hydrogen-bond acceptors (Lipinski definition) is 5. The Labute approximate surface area is 203 Å². The van der Waals surface area contributed by atoms with E-state index in [1.54, 1.807) is 60.9 Å². The molecule has 1 N–H and O–H groups in total. The normalized spacial score (nSPS) is 17.4. The molecular formula is C27H25ClN2O4. The molecule has 1 aromatic heterocycles. The average Bonchev–Trinajstić information content (AvgIpc) is 3.06. The molecule has 2 heterocycles. The molecule has 7 heteroatoms. The highest BCUT2D eigenvalue weighted by atomic mass is 35.5. The van der Waals surface area contributed by atoms with Crippen LogP contribution < -0.4 is 4.74 Å². The van der Waals surface area contributed by atoms with E-state index in [9.17, 15) is 14.7 Å². The number of amides is 1. The number of ether oxygens (including phenoxy) is 1. The number of rotatable bonds is 6. The van der Waals surface area contributed by atoms with E-state index in [0.717, 1.165) is 11.1 Å². The lowest BCUT2D eigenvalue weighted by atomic mass is 9.94. The van der Waals surface area contributed by atoms with Crippen molar-refractivity contribution in [3.05, 3.63) is 99.8 Å². The summed E-state index contributed by atoms with van der Waals surface area (Å²) < 4.78 is 5.78. The first-order chi connectivity index (χ1) is 16.3. The predicted octanol–water partition coefficient (Wildman–Crippen LogP) is 5.45. The number of pyridine rings is 1. The smallest absolute Gasteiger partial charge is 0.295 e. The van der Waals surface area contributed by atoms with Gasteiger partial charge in [-0.2, -0.15) is 0 Å². The van der Waals surface area contributed by atoms with E-state index in [2.05, 4.69) is 4.98 Å². The minimum Gasteiger partial charge on any atom is -0.507 e. The van der Waals surface area contributed by atoms with Crippen molar-refractivity contribution in [3.8, 4) is 5.75 Å². The molecule has 0 spiro atoms. The van der Waals surface area contributed by atoms with E-state index in [-0.39, 0.29) is 24.0 Å². The molecular weight excluding hydrogens is 452 g/mol.